The first-order valence-corrected chi connectivity index (χ1v) is 9.00. The van der Waals surface area contributed by atoms with Crippen molar-refractivity contribution in [2.75, 3.05) is 6.54 Å². The summed E-state index contributed by atoms with van der Waals surface area (Å²) in [6.07, 6.45) is 1.96. The largest absolute Gasteiger partial charge is 0.444 e. The maximum atomic E-state index is 12.3. The van der Waals surface area contributed by atoms with E-state index >= 15 is 0 Å². The number of amides is 2. The first-order valence-electron chi connectivity index (χ1n) is 8.20. The molecule has 2 amide bonds. The van der Waals surface area contributed by atoms with E-state index in [0.29, 0.717) is 4.67 Å². The molecule has 8 nitrogen and oxygen atoms in total. The molecule has 1 aliphatic heterocycles. The fourth-order valence-electron chi connectivity index (χ4n) is 2.84. The molecule has 0 bridgehead atoms. The number of nitrogens with one attached hydrogen (secondary N) is 2. The third kappa shape index (κ3) is 3.92. The summed E-state index contributed by atoms with van der Waals surface area (Å²) in [6, 6.07) is 2.91. The molecular weight excluding hydrogens is 390 g/mol. The van der Waals surface area contributed by atoms with Crippen LogP contribution in [0.2, 0.25) is 0 Å². The predicted octanol–water partition coefficient (Wildman–Crippen LogP) is 1.82. The van der Waals surface area contributed by atoms with Gasteiger partial charge in [0.25, 0.3) is 5.91 Å². The molecule has 1 aliphatic rings. The lowest BCUT2D eigenvalue weighted by Gasteiger charge is -2.22. The van der Waals surface area contributed by atoms with E-state index in [1.807, 2.05) is 13.8 Å². The second kappa shape index (κ2) is 7.38. The van der Waals surface area contributed by atoms with Crippen LogP contribution in [0.15, 0.2) is 21.2 Å². The van der Waals surface area contributed by atoms with Gasteiger partial charge in [-0.25, -0.2) is 0 Å². The summed E-state index contributed by atoms with van der Waals surface area (Å²) in [4.78, 5) is 24.2. The molecule has 0 spiro atoms. The number of rotatable bonds is 6. The van der Waals surface area contributed by atoms with Crippen molar-refractivity contribution in [1.29, 1.82) is 0 Å². The van der Waals surface area contributed by atoms with Crippen LogP contribution in [-0.2, 0) is 17.8 Å². The van der Waals surface area contributed by atoms with E-state index in [1.165, 1.54) is 6.07 Å². The Morgan fingerprint density at radius 1 is 1.36 bits per heavy atom. The molecule has 1 atom stereocenters. The van der Waals surface area contributed by atoms with Gasteiger partial charge in [-0.15, -0.1) is 10.2 Å². The molecule has 2 aromatic heterocycles. The molecule has 0 fully saturated rings. The average molecular weight is 410 g/mol. The number of hydrogen-bond donors (Lipinski definition) is 2. The van der Waals surface area contributed by atoms with Crippen LogP contribution in [0, 0.1) is 5.92 Å². The molecule has 2 aromatic rings. The zero-order valence-corrected chi connectivity index (χ0v) is 15.7. The monoisotopic (exact) mass is 409 g/mol. The molecule has 0 saturated carbocycles. The standard InChI is InChI=1S/C16H20BrN5O3/c1-9(2)14(15-21-20-12-4-3-7-22(12)15)19-13(23)8-18-16(24)10-5-6-11(17)25-10/h5-6,9,14H,3-4,7-8H2,1-2H3,(H,18,24)(H,19,23). The van der Waals surface area contributed by atoms with Crippen molar-refractivity contribution < 1.29 is 14.0 Å². The van der Waals surface area contributed by atoms with Crippen molar-refractivity contribution in [2.45, 2.75) is 39.3 Å². The Kier molecular flexibility index (Phi) is 5.22. The summed E-state index contributed by atoms with van der Waals surface area (Å²) in [7, 11) is 0. The molecule has 0 aromatic carbocycles. The molecule has 2 N–H and O–H groups in total. The van der Waals surface area contributed by atoms with Crippen LogP contribution in [0.4, 0.5) is 0 Å². The van der Waals surface area contributed by atoms with Gasteiger partial charge >= 0.3 is 0 Å². The van der Waals surface area contributed by atoms with Crippen LogP contribution in [-0.4, -0.2) is 33.1 Å². The fourth-order valence-corrected chi connectivity index (χ4v) is 3.15. The van der Waals surface area contributed by atoms with E-state index in [9.17, 15) is 9.59 Å². The van der Waals surface area contributed by atoms with Crippen LogP contribution in [0.5, 0.6) is 0 Å². The van der Waals surface area contributed by atoms with Crippen LogP contribution in [0.25, 0.3) is 0 Å². The Morgan fingerprint density at radius 2 is 2.16 bits per heavy atom. The van der Waals surface area contributed by atoms with Gasteiger partial charge in [-0.1, -0.05) is 13.8 Å². The van der Waals surface area contributed by atoms with Crippen molar-refractivity contribution in [1.82, 2.24) is 25.4 Å². The number of nitrogens with zero attached hydrogens (tertiary/aromatic N) is 3. The average Bonchev–Trinajstić information content (AvgIpc) is 3.26. The van der Waals surface area contributed by atoms with E-state index in [0.717, 1.165) is 31.0 Å². The first kappa shape index (κ1) is 17.7. The zero-order valence-electron chi connectivity index (χ0n) is 14.1. The van der Waals surface area contributed by atoms with Crippen molar-refractivity contribution in [2.24, 2.45) is 5.92 Å². The highest BCUT2D eigenvalue weighted by atomic mass is 79.9. The Morgan fingerprint density at radius 3 is 2.84 bits per heavy atom. The second-order valence-corrected chi connectivity index (χ2v) is 7.09. The lowest BCUT2D eigenvalue weighted by molar-refractivity contribution is -0.121. The third-order valence-electron chi connectivity index (χ3n) is 4.11. The number of aromatic nitrogens is 3. The normalized spacial score (nSPS) is 14.4. The van der Waals surface area contributed by atoms with E-state index in [4.69, 9.17) is 4.42 Å². The number of carbonyl (C=O) groups is 2. The molecular formula is C16H20BrN5O3. The van der Waals surface area contributed by atoms with Gasteiger partial charge in [-0.2, -0.15) is 0 Å². The summed E-state index contributed by atoms with van der Waals surface area (Å²) in [5.74, 6) is 1.31. The highest BCUT2D eigenvalue weighted by Crippen LogP contribution is 2.24. The fraction of sp³-hybridized carbons (Fsp3) is 0.500. The number of hydrogen-bond acceptors (Lipinski definition) is 5. The summed E-state index contributed by atoms with van der Waals surface area (Å²) in [5.41, 5.74) is 0. The van der Waals surface area contributed by atoms with Gasteiger partial charge in [0.15, 0.2) is 16.3 Å². The zero-order chi connectivity index (χ0) is 18.0. The lowest BCUT2D eigenvalue weighted by atomic mass is 10.0. The van der Waals surface area contributed by atoms with Crippen LogP contribution >= 0.6 is 15.9 Å². The smallest absolute Gasteiger partial charge is 0.287 e. The predicted molar refractivity (Wildman–Crippen MR) is 92.8 cm³/mol. The highest BCUT2D eigenvalue weighted by Gasteiger charge is 2.27. The van der Waals surface area contributed by atoms with E-state index in [1.54, 1.807) is 6.07 Å². The topological polar surface area (TPSA) is 102 Å². The molecule has 3 heterocycles. The first-order chi connectivity index (χ1) is 12.0. The number of furan rings is 1. The minimum absolute atomic E-state index is 0.138. The van der Waals surface area contributed by atoms with Crippen molar-refractivity contribution >= 4 is 27.7 Å². The van der Waals surface area contributed by atoms with Gasteiger partial charge in [0.1, 0.15) is 5.82 Å². The lowest BCUT2D eigenvalue weighted by Crippen LogP contribution is -2.40. The Bertz CT molecular complexity index is 783. The molecule has 9 heteroatoms. The summed E-state index contributed by atoms with van der Waals surface area (Å²) in [6.45, 7) is 4.77. The minimum atomic E-state index is -0.440. The van der Waals surface area contributed by atoms with Crippen LogP contribution < -0.4 is 10.6 Å². The van der Waals surface area contributed by atoms with Crippen molar-refractivity contribution in [3.05, 3.63) is 34.2 Å². The quantitative estimate of drug-likeness (QED) is 0.757. The summed E-state index contributed by atoms with van der Waals surface area (Å²) >= 11 is 3.13. The van der Waals surface area contributed by atoms with Gasteiger partial charge in [0.05, 0.1) is 12.6 Å². The highest BCUT2D eigenvalue weighted by molar-refractivity contribution is 9.10. The molecule has 0 aliphatic carbocycles. The molecule has 134 valence electrons. The Balaban J connectivity index is 1.60. The number of carbonyl (C=O) groups excluding carboxylic acids is 2. The molecule has 3 rings (SSSR count). The van der Waals surface area contributed by atoms with Gasteiger partial charge in [0.2, 0.25) is 5.91 Å². The Labute approximate surface area is 153 Å². The van der Waals surface area contributed by atoms with Crippen molar-refractivity contribution in [3.63, 3.8) is 0 Å². The van der Waals surface area contributed by atoms with Crippen LogP contribution in [0.3, 0.4) is 0 Å². The maximum Gasteiger partial charge on any atom is 0.287 e. The van der Waals surface area contributed by atoms with E-state index in [2.05, 4.69) is 41.3 Å². The van der Waals surface area contributed by atoms with Crippen molar-refractivity contribution in [3.8, 4) is 0 Å². The van der Waals surface area contributed by atoms with E-state index < -0.39 is 5.91 Å². The molecule has 0 radical (unpaired) electrons. The molecule has 25 heavy (non-hydrogen) atoms. The number of halogens is 1. The molecule has 1 unspecified atom stereocenters. The van der Waals surface area contributed by atoms with Gasteiger partial charge in [-0.05, 0) is 40.4 Å². The van der Waals surface area contributed by atoms with Gasteiger partial charge in [-0.3, -0.25) is 9.59 Å². The number of aryl methyl sites for hydroxylation is 1. The Hall–Kier alpha value is -2.16. The second-order valence-electron chi connectivity index (χ2n) is 6.31. The SMILES string of the molecule is CC(C)C(NC(=O)CNC(=O)c1ccc(Br)o1)c1nnc2n1CCC2. The number of fused-ring (bicyclic) bond motifs is 1. The van der Waals surface area contributed by atoms with E-state index in [-0.39, 0.29) is 30.2 Å². The summed E-state index contributed by atoms with van der Waals surface area (Å²) in [5, 5.41) is 13.9. The van der Waals surface area contributed by atoms with Crippen LogP contribution in [0.1, 0.15) is 48.5 Å². The molecule has 0 saturated heterocycles. The van der Waals surface area contributed by atoms with Gasteiger partial charge in [0, 0.05) is 13.0 Å². The minimum Gasteiger partial charge on any atom is -0.444 e. The third-order valence-corrected chi connectivity index (χ3v) is 4.53. The summed E-state index contributed by atoms with van der Waals surface area (Å²) < 4.78 is 7.69. The maximum absolute atomic E-state index is 12.3. The van der Waals surface area contributed by atoms with Gasteiger partial charge < -0.3 is 19.6 Å².